The Bertz CT molecular complexity index is 667. The largest absolute Gasteiger partial charge is 0.370 e. The Hall–Kier alpha value is -1.92. The molecule has 0 radical (unpaired) electrons. The smallest absolute Gasteiger partial charge is 0.189 e. The van der Waals surface area contributed by atoms with Crippen LogP contribution in [0.25, 0.3) is 11.3 Å². The van der Waals surface area contributed by atoms with Gasteiger partial charge in [0.25, 0.3) is 0 Å². The summed E-state index contributed by atoms with van der Waals surface area (Å²) in [7, 11) is 0. The van der Waals surface area contributed by atoms with Gasteiger partial charge < -0.3 is 11.1 Å². The lowest BCUT2D eigenvalue weighted by Crippen LogP contribution is -2.42. The molecule has 0 spiro atoms. The Morgan fingerprint density at radius 1 is 1.42 bits per heavy atom. The molecule has 6 heteroatoms. The molecule has 0 bridgehead atoms. The topological polar surface area (TPSA) is 66.5 Å². The van der Waals surface area contributed by atoms with Crippen LogP contribution in [0.15, 0.2) is 40.7 Å². The quantitative estimate of drug-likeness (QED) is 0.625. The van der Waals surface area contributed by atoms with Gasteiger partial charge in [-0.15, -0.1) is 11.3 Å². The minimum atomic E-state index is 0.509. The van der Waals surface area contributed by atoms with Gasteiger partial charge in [0, 0.05) is 23.5 Å². The highest BCUT2D eigenvalue weighted by Crippen LogP contribution is 2.21. The molecular formula is C18H25N5S. The van der Waals surface area contributed by atoms with E-state index < -0.39 is 0 Å². The van der Waals surface area contributed by atoms with E-state index in [1.165, 1.54) is 19.4 Å². The summed E-state index contributed by atoms with van der Waals surface area (Å²) in [5.41, 5.74) is 8.14. The van der Waals surface area contributed by atoms with E-state index in [0.717, 1.165) is 29.4 Å². The molecule has 3 N–H and O–H groups in total. The first kappa shape index (κ1) is 16.9. The lowest BCUT2D eigenvalue weighted by molar-refractivity contribution is 0.267. The Labute approximate surface area is 147 Å². The van der Waals surface area contributed by atoms with E-state index >= 15 is 0 Å². The number of nitrogens with zero attached hydrogens (tertiary/aromatic N) is 3. The van der Waals surface area contributed by atoms with Crippen molar-refractivity contribution in [2.24, 2.45) is 10.7 Å². The van der Waals surface area contributed by atoms with E-state index in [4.69, 9.17) is 5.73 Å². The molecule has 1 unspecified atom stereocenters. The van der Waals surface area contributed by atoms with Gasteiger partial charge in [-0.25, -0.2) is 9.98 Å². The number of rotatable bonds is 6. The molecule has 2 heterocycles. The standard InChI is InChI=1S/C18H25N5S/c1-2-23-10-6-9-15(23)11-20-18(19)21-12-17-22-16(13-24-17)14-7-4-3-5-8-14/h3-5,7-8,13,15H,2,6,9-12H2,1H3,(H3,19,20,21). The van der Waals surface area contributed by atoms with Gasteiger partial charge in [-0.05, 0) is 25.9 Å². The second-order valence-electron chi connectivity index (χ2n) is 6.00. The van der Waals surface area contributed by atoms with Crippen LogP contribution in [0.4, 0.5) is 0 Å². The van der Waals surface area contributed by atoms with Crippen LogP contribution in [-0.4, -0.2) is 41.5 Å². The highest BCUT2D eigenvalue weighted by molar-refractivity contribution is 7.09. The van der Waals surface area contributed by atoms with Crippen molar-refractivity contribution in [3.63, 3.8) is 0 Å². The number of guanidine groups is 1. The average Bonchev–Trinajstić information content (AvgIpc) is 3.28. The SMILES string of the molecule is CCN1CCCC1CNC(N)=NCc1nc(-c2ccccc2)cs1. The summed E-state index contributed by atoms with van der Waals surface area (Å²) in [5, 5.41) is 6.31. The minimum Gasteiger partial charge on any atom is -0.370 e. The van der Waals surface area contributed by atoms with Crippen molar-refractivity contribution in [1.29, 1.82) is 0 Å². The number of nitrogens with one attached hydrogen (secondary N) is 1. The van der Waals surface area contributed by atoms with E-state index in [0.29, 0.717) is 18.5 Å². The molecular weight excluding hydrogens is 318 g/mol. The summed E-state index contributed by atoms with van der Waals surface area (Å²) in [6.07, 6.45) is 2.51. The Kier molecular flexibility index (Phi) is 5.82. The van der Waals surface area contributed by atoms with Gasteiger partial charge in [0.1, 0.15) is 5.01 Å². The van der Waals surface area contributed by atoms with Gasteiger partial charge in [0.15, 0.2) is 5.96 Å². The van der Waals surface area contributed by atoms with Gasteiger partial charge in [0.05, 0.1) is 12.2 Å². The van der Waals surface area contributed by atoms with Crippen molar-refractivity contribution >= 4 is 17.3 Å². The second-order valence-corrected chi connectivity index (χ2v) is 6.94. The van der Waals surface area contributed by atoms with Crippen molar-refractivity contribution < 1.29 is 0 Å². The van der Waals surface area contributed by atoms with Gasteiger partial charge in [0.2, 0.25) is 0 Å². The highest BCUT2D eigenvalue weighted by atomic mass is 32.1. The van der Waals surface area contributed by atoms with Gasteiger partial charge >= 0.3 is 0 Å². The van der Waals surface area contributed by atoms with Crippen LogP contribution in [0.1, 0.15) is 24.8 Å². The van der Waals surface area contributed by atoms with E-state index in [-0.39, 0.29) is 0 Å². The molecule has 0 aliphatic carbocycles. The van der Waals surface area contributed by atoms with Gasteiger partial charge in [-0.3, -0.25) is 4.90 Å². The molecule has 1 fully saturated rings. The molecule has 1 atom stereocenters. The predicted octanol–water partition coefficient (Wildman–Crippen LogP) is 2.70. The van der Waals surface area contributed by atoms with Crippen LogP contribution in [-0.2, 0) is 6.54 Å². The third-order valence-corrected chi connectivity index (χ3v) is 5.26. The second kappa shape index (κ2) is 8.26. The summed E-state index contributed by atoms with van der Waals surface area (Å²) in [5.74, 6) is 0.509. The number of thiazole rings is 1. The Morgan fingerprint density at radius 2 is 2.25 bits per heavy atom. The third-order valence-electron chi connectivity index (χ3n) is 4.43. The fourth-order valence-corrected chi connectivity index (χ4v) is 3.83. The van der Waals surface area contributed by atoms with Crippen molar-refractivity contribution in [3.05, 3.63) is 40.7 Å². The van der Waals surface area contributed by atoms with E-state index in [1.807, 2.05) is 18.2 Å². The average molecular weight is 344 g/mol. The van der Waals surface area contributed by atoms with Crippen molar-refractivity contribution in [1.82, 2.24) is 15.2 Å². The number of likely N-dealkylation sites (N-methyl/N-ethyl adjacent to an activating group) is 1. The first-order valence-corrected chi connectivity index (χ1v) is 9.42. The summed E-state index contributed by atoms with van der Waals surface area (Å²) in [6.45, 7) is 5.91. The lowest BCUT2D eigenvalue weighted by Gasteiger charge is -2.23. The number of hydrogen-bond acceptors (Lipinski definition) is 4. The number of benzene rings is 1. The molecule has 2 aromatic rings. The number of nitrogens with two attached hydrogens (primary N) is 1. The van der Waals surface area contributed by atoms with E-state index in [2.05, 4.69) is 44.6 Å². The first-order chi connectivity index (χ1) is 11.8. The minimum absolute atomic E-state index is 0.509. The fraction of sp³-hybridized carbons (Fsp3) is 0.444. The summed E-state index contributed by atoms with van der Waals surface area (Å²) in [4.78, 5) is 11.6. The molecule has 1 aliphatic heterocycles. The Morgan fingerprint density at radius 3 is 3.04 bits per heavy atom. The molecule has 24 heavy (non-hydrogen) atoms. The van der Waals surface area contributed by atoms with Crippen LogP contribution in [0.2, 0.25) is 0 Å². The van der Waals surface area contributed by atoms with Crippen LogP contribution in [0.5, 0.6) is 0 Å². The number of likely N-dealkylation sites (tertiary alicyclic amines) is 1. The normalized spacial score (nSPS) is 18.9. The summed E-state index contributed by atoms with van der Waals surface area (Å²) < 4.78 is 0. The van der Waals surface area contributed by atoms with Crippen LogP contribution in [0.3, 0.4) is 0 Å². The molecule has 1 aromatic carbocycles. The molecule has 0 amide bonds. The van der Waals surface area contributed by atoms with Crippen LogP contribution in [0, 0.1) is 0 Å². The van der Waals surface area contributed by atoms with E-state index in [1.54, 1.807) is 11.3 Å². The van der Waals surface area contributed by atoms with Gasteiger partial charge in [-0.2, -0.15) is 0 Å². The number of aliphatic imine (C=N–C) groups is 1. The van der Waals surface area contributed by atoms with Crippen molar-refractivity contribution in [3.8, 4) is 11.3 Å². The Balaban J connectivity index is 1.51. The molecule has 3 rings (SSSR count). The van der Waals surface area contributed by atoms with Gasteiger partial charge in [-0.1, -0.05) is 37.3 Å². The molecule has 1 aromatic heterocycles. The zero-order valence-electron chi connectivity index (χ0n) is 14.1. The van der Waals surface area contributed by atoms with Crippen molar-refractivity contribution in [2.75, 3.05) is 19.6 Å². The van der Waals surface area contributed by atoms with Crippen molar-refractivity contribution in [2.45, 2.75) is 32.4 Å². The highest BCUT2D eigenvalue weighted by Gasteiger charge is 2.22. The lowest BCUT2D eigenvalue weighted by atomic mass is 10.2. The number of aromatic nitrogens is 1. The maximum atomic E-state index is 6.00. The fourth-order valence-electron chi connectivity index (χ4n) is 3.10. The maximum absolute atomic E-state index is 6.00. The zero-order chi connectivity index (χ0) is 16.8. The summed E-state index contributed by atoms with van der Waals surface area (Å²) >= 11 is 1.62. The van der Waals surface area contributed by atoms with Crippen LogP contribution >= 0.6 is 11.3 Å². The molecule has 1 saturated heterocycles. The zero-order valence-corrected chi connectivity index (χ0v) is 14.9. The third kappa shape index (κ3) is 4.33. The first-order valence-electron chi connectivity index (χ1n) is 8.54. The summed E-state index contributed by atoms with van der Waals surface area (Å²) in [6, 6.07) is 10.8. The van der Waals surface area contributed by atoms with E-state index in [9.17, 15) is 0 Å². The molecule has 1 aliphatic rings. The maximum Gasteiger partial charge on any atom is 0.189 e. The van der Waals surface area contributed by atoms with Crippen LogP contribution < -0.4 is 11.1 Å². The molecule has 128 valence electrons. The predicted molar refractivity (Wildman–Crippen MR) is 101 cm³/mol. The number of hydrogen-bond donors (Lipinski definition) is 2. The molecule has 5 nitrogen and oxygen atoms in total. The molecule has 0 saturated carbocycles. The monoisotopic (exact) mass is 343 g/mol.